The first-order valence-corrected chi connectivity index (χ1v) is 22.1. The molecule has 49 heavy (non-hydrogen) atoms. The van der Waals surface area contributed by atoms with Gasteiger partial charge in [0, 0.05) is 6.42 Å². The molecular formula is C45H87NO3. The molecule has 0 aromatic rings. The summed E-state index contributed by atoms with van der Waals surface area (Å²) in [5.74, 6) is -0.0799. The highest BCUT2D eigenvalue weighted by molar-refractivity contribution is 5.76. The van der Waals surface area contributed by atoms with Gasteiger partial charge in [-0.25, -0.2) is 0 Å². The van der Waals surface area contributed by atoms with Crippen LogP contribution in [0.4, 0.5) is 0 Å². The molecule has 0 aliphatic rings. The first kappa shape index (κ1) is 47.9. The summed E-state index contributed by atoms with van der Waals surface area (Å²) in [7, 11) is 0. The van der Waals surface area contributed by atoms with E-state index < -0.39 is 12.1 Å². The minimum absolute atomic E-state index is 0.0799. The molecule has 0 aliphatic carbocycles. The summed E-state index contributed by atoms with van der Waals surface area (Å²) in [4.78, 5) is 12.2. The van der Waals surface area contributed by atoms with Gasteiger partial charge in [0.2, 0.25) is 5.91 Å². The Balaban J connectivity index is 3.44. The third kappa shape index (κ3) is 37.9. The Hall–Kier alpha value is -1.13. The van der Waals surface area contributed by atoms with Gasteiger partial charge in [0.05, 0.1) is 18.8 Å². The molecule has 4 heteroatoms. The number of carbonyl (C=O) groups is 1. The Morgan fingerprint density at radius 3 is 1.18 bits per heavy atom. The zero-order chi connectivity index (χ0) is 35.7. The maximum Gasteiger partial charge on any atom is 0.220 e. The first-order valence-electron chi connectivity index (χ1n) is 22.1. The summed E-state index contributed by atoms with van der Waals surface area (Å²) < 4.78 is 0. The van der Waals surface area contributed by atoms with Gasteiger partial charge < -0.3 is 15.5 Å². The van der Waals surface area contributed by atoms with Gasteiger partial charge in [0.15, 0.2) is 0 Å². The lowest BCUT2D eigenvalue weighted by molar-refractivity contribution is -0.123. The second kappa shape index (κ2) is 41.3. The van der Waals surface area contributed by atoms with E-state index in [0.29, 0.717) is 6.42 Å². The molecule has 2 unspecified atom stereocenters. The van der Waals surface area contributed by atoms with Crippen molar-refractivity contribution in [3.8, 4) is 0 Å². The van der Waals surface area contributed by atoms with Crippen molar-refractivity contribution in [2.75, 3.05) is 6.61 Å². The molecule has 0 aliphatic heterocycles. The molecule has 0 fully saturated rings. The SMILES string of the molecule is CCCCCCCCCCCCCCCCCCCCCCCCCC/C=C/CC/C=C/C(O)C(CO)NC(=O)CCCCCCCCC. The van der Waals surface area contributed by atoms with E-state index in [1.165, 1.54) is 186 Å². The van der Waals surface area contributed by atoms with Crippen LogP contribution in [0.3, 0.4) is 0 Å². The van der Waals surface area contributed by atoms with Crippen LogP contribution >= 0.6 is 0 Å². The summed E-state index contributed by atoms with van der Waals surface area (Å²) in [6.45, 7) is 4.26. The molecule has 0 radical (unpaired) electrons. The summed E-state index contributed by atoms with van der Waals surface area (Å²) in [6, 6.07) is -0.632. The van der Waals surface area contributed by atoms with E-state index in [1.807, 2.05) is 6.08 Å². The van der Waals surface area contributed by atoms with Crippen molar-refractivity contribution in [2.45, 2.75) is 251 Å². The molecule has 0 aromatic carbocycles. The van der Waals surface area contributed by atoms with Crippen molar-refractivity contribution in [2.24, 2.45) is 0 Å². The predicted octanol–water partition coefficient (Wildman–Crippen LogP) is 13.6. The minimum atomic E-state index is -0.856. The van der Waals surface area contributed by atoms with Gasteiger partial charge in [0.1, 0.15) is 0 Å². The maximum atomic E-state index is 12.2. The van der Waals surface area contributed by atoms with Crippen LogP contribution in [-0.2, 0) is 4.79 Å². The molecule has 0 rings (SSSR count). The average molecular weight is 690 g/mol. The van der Waals surface area contributed by atoms with Gasteiger partial charge in [-0.15, -0.1) is 0 Å². The Morgan fingerprint density at radius 1 is 0.469 bits per heavy atom. The standard InChI is InChI=1S/C45H87NO3/c1-3-5-7-9-11-12-13-14-15-16-17-18-19-20-21-22-23-24-25-26-27-28-29-30-31-32-33-35-36-38-40-44(48)43(42-47)46-45(49)41-39-37-34-10-8-6-4-2/h32-33,38,40,43-44,47-48H,3-31,34-37,39,41-42H2,1-2H3,(H,46,49)/b33-32+,40-38+. The zero-order valence-corrected chi connectivity index (χ0v) is 33.2. The van der Waals surface area contributed by atoms with Gasteiger partial charge in [-0.3, -0.25) is 4.79 Å². The van der Waals surface area contributed by atoms with Crippen LogP contribution in [-0.4, -0.2) is 34.9 Å². The van der Waals surface area contributed by atoms with Crippen molar-refractivity contribution in [3.63, 3.8) is 0 Å². The fourth-order valence-electron chi connectivity index (χ4n) is 6.78. The van der Waals surface area contributed by atoms with E-state index in [0.717, 1.165) is 32.1 Å². The average Bonchev–Trinajstić information content (AvgIpc) is 3.10. The van der Waals surface area contributed by atoms with Crippen LogP contribution in [0.1, 0.15) is 239 Å². The minimum Gasteiger partial charge on any atom is -0.394 e. The number of rotatable bonds is 40. The Labute approximate surface area is 307 Å². The van der Waals surface area contributed by atoms with Crippen LogP contribution in [0.5, 0.6) is 0 Å². The van der Waals surface area contributed by atoms with E-state index in [2.05, 4.69) is 31.3 Å². The van der Waals surface area contributed by atoms with E-state index in [-0.39, 0.29) is 12.5 Å². The quantitative estimate of drug-likeness (QED) is 0.0443. The molecule has 0 saturated carbocycles. The maximum absolute atomic E-state index is 12.2. The van der Waals surface area contributed by atoms with E-state index in [9.17, 15) is 15.0 Å². The van der Waals surface area contributed by atoms with Gasteiger partial charge in [0.25, 0.3) is 0 Å². The van der Waals surface area contributed by atoms with Crippen molar-refractivity contribution >= 4 is 5.91 Å². The molecule has 0 aromatic heterocycles. The van der Waals surface area contributed by atoms with Crippen molar-refractivity contribution in [1.29, 1.82) is 0 Å². The van der Waals surface area contributed by atoms with E-state index in [4.69, 9.17) is 0 Å². The number of aliphatic hydroxyl groups excluding tert-OH is 2. The number of amides is 1. The fourth-order valence-corrected chi connectivity index (χ4v) is 6.78. The number of allylic oxidation sites excluding steroid dienone is 3. The summed E-state index contributed by atoms with van der Waals surface area (Å²) >= 11 is 0. The highest BCUT2D eigenvalue weighted by Gasteiger charge is 2.17. The number of carbonyl (C=O) groups excluding carboxylic acids is 1. The summed E-state index contributed by atoms with van der Waals surface area (Å²) in [5, 5.41) is 22.8. The van der Waals surface area contributed by atoms with E-state index in [1.54, 1.807) is 6.08 Å². The Kier molecular flexibility index (Phi) is 40.3. The monoisotopic (exact) mass is 690 g/mol. The third-order valence-corrected chi connectivity index (χ3v) is 10.2. The molecule has 0 saturated heterocycles. The molecule has 0 heterocycles. The molecule has 0 bridgehead atoms. The Bertz CT molecular complexity index is 705. The van der Waals surface area contributed by atoms with Crippen molar-refractivity contribution in [1.82, 2.24) is 5.32 Å². The lowest BCUT2D eigenvalue weighted by atomic mass is 10.0. The van der Waals surface area contributed by atoms with Gasteiger partial charge in [-0.1, -0.05) is 224 Å². The van der Waals surface area contributed by atoms with Crippen molar-refractivity contribution in [3.05, 3.63) is 24.3 Å². The van der Waals surface area contributed by atoms with Gasteiger partial charge in [-0.2, -0.15) is 0 Å². The smallest absolute Gasteiger partial charge is 0.220 e. The number of hydrogen-bond acceptors (Lipinski definition) is 3. The van der Waals surface area contributed by atoms with Crippen LogP contribution in [0.2, 0.25) is 0 Å². The second-order valence-corrected chi connectivity index (χ2v) is 15.1. The van der Waals surface area contributed by atoms with Crippen molar-refractivity contribution < 1.29 is 15.0 Å². The highest BCUT2D eigenvalue weighted by atomic mass is 16.3. The molecular weight excluding hydrogens is 602 g/mol. The van der Waals surface area contributed by atoms with Crippen LogP contribution in [0, 0.1) is 0 Å². The van der Waals surface area contributed by atoms with Crippen LogP contribution < -0.4 is 5.32 Å². The molecule has 3 N–H and O–H groups in total. The number of aliphatic hydroxyl groups is 2. The first-order chi connectivity index (χ1) is 24.2. The second-order valence-electron chi connectivity index (χ2n) is 15.1. The normalized spacial score (nSPS) is 13.1. The van der Waals surface area contributed by atoms with Gasteiger partial charge in [-0.05, 0) is 32.1 Å². The molecule has 0 spiro atoms. The fraction of sp³-hybridized carbons (Fsp3) is 0.889. The van der Waals surface area contributed by atoms with E-state index >= 15 is 0 Å². The van der Waals surface area contributed by atoms with Gasteiger partial charge >= 0.3 is 0 Å². The molecule has 2 atom stereocenters. The number of nitrogens with one attached hydrogen (secondary N) is 1. The summed E-state index contributed by atoms with van der Waals surface area (Å²) in [6.07, 6.45) is 53.3. The molecule has 290 valence electrons. The van der Waals surface area contributed by atoms with Crippen LogP contribution in [0.15, 0.2) is 24.3 Å². The summed E-state index contributed by atoms with van der Waals surface area (Å²) in [5.41, 5.74) is 0. The lowest BCUT2D eigenvalue weighted by Gasteiger charge is -2.19. The molecule has 4 nitrogen and oxygen atoms in total. The zero-order valence-electron chi connectivity index (χ0n) is 33.2. The number of unbranched alkanes of at least 4 members (excludes halogenated alkanes) is 31. The topological polar surface area (TPSA) is 69.6 Å². The lowest BCUT2D eigenvalue weighted by Crippen LogP contribution is -2.45. The van der Waals surface area contributed by atoms with Crippen LogP contribution in [0.25, 0.3) is 0 Å². The largest absolute Gasteiger partial charge is 0.394 e. The third-order valence-electron chi connectivity index (χ3n) is 10.2. The highest BCUT2D eigenvalue weighted by Crippen LogP contribution is 2.16. The predicted molar refractivity (Wildman–Crippen MR) is 216 cm³/mol. The number of hydrogen-bond donors (Lipinski definition) is 3. The Morgan fingerprint density at radius 2 is 0.796 bits per heavy atom. The molecule has 1 amide bonds.